The zero-order valence-electron chi connectivity index (χ0n) is 10.8. The van der Waals surface area contributed by atoms with Crippen LogP contribution in [0.15, 0.2) is 29.2 Å². The minimum absolute atomic E-state index is 0.0474. The van der Waals surface area contributed by atoms with E-state index in [9.17, 15) is 8.42 Å². The topological polar surface area (TPSA) is 93.8 Å². The highest BCUT2D eigenvalue weighted by atomic mass is 32.2. The summed E-state index contributed by atoms with van der Waals surface area (Å²) in [5, 5.41) is 17.4. The van der Waals surface area contributed by atoms with Gasteiger partial charge in [0, 0.05) is 6.54 Å². The van der Waals surface area contributed by atoms with Crippen LogP contribution in [0.3, 0.4) is 0 Å². The summed E-state index contributed by atoms with van der Waals surface area (Å²) in [6.45, 7) is 3.36. The molecule has 6 heteroatoms. The van der Waals surface area contributed by atoms with Gasteiger partial charge in [-0.2, -0.15) is 10.5 Å². The van der Waals surface area contributed by atoms with E-state index in [-0.39, 0.29) is 17.9 Å². The summed E-state index contributed by atoms with van der Waals surface area (Å²) in [6, 6.07) is 10.1. The van der Waals surface area contributed by atoms with E-state index < -0.39 is 15.4 Å². The van der Waals surface area contributed by atoms with E-state index in [0.29, 0.717) is 0 Å². The molecule has 1 aromatic carbocycles. The Labute approximate surface area is 113 Å². The van der Waals surface area contributed by atoms with Crippen molar-refractivity contribution in [3.05, 3.63) is 29.8 Å². The normalized spacial score (nSPS) is 11.6. The molecule has 0 heterocycles. The molecule has 0 saturated heterocycles. The second kappa shape index (κ2) is 5.83. The average Bonchev–Trinajstić information content (AvgIpc) is 2.38. The zero-order chi connectivity index (χ0) is 14.5. The maximum atomic E-state index is 12.0. The highest BCUT2D eigenvalue weighted by Gasteiger charge is 2.21. The molecular formula is C13H15N3O2S. The monoisotopic (exact) mass is 277 g/mol. The molecule has 0 bridgehead atoms. The number of nitrogens with one attached hydrogen (secondary N) is 1. The third-order valence-corrected chi connectivity index (χ3v) is 3.94. The summed E-state index contributed by atoms with van der Waals surface area (Å²) in [4.78, 5) is 0.128. The van der Waals surface area contributed by atoms with Crippen LogP contribution < -0.4 is 4.72 Å². The number of nitrogens with zero attached hydrogens (tertiary/aromatic N) is 2. The fraction of sp³-hybridized carbons (Fsp3) is 0.385. The first-order valence-corrected chi connectivity index (χ1v) is 7.16. The van der Waals surface area contributed by atoms with Gasteiger partial charge in [-0.15, -0.1) is 0 Å². The Balaban J connectivity index is 2.84. The Kier molecular flexibility index (Phi) is 4.66. The van der Waals surface area contributed by atoms with Crippen molar-refractivity contribution in [2.75, 3.05) is 6.54 Å². The fourth-order valence-electron chi connectivity index (χ4n) is 1.28. The quantitative estimate of drug-likeness (QED) is 0.884. The van der Waals surface area contributed by atoms with Gasteiger partial charge in [0.15, 0.2) is 0 Å². The summed E-state index contributed by atoms with van der Waals surface area (Å²) in [5.41, 5.74) is 0.00665. The van der Waals surface area contributed by atoms with Crippen molar-refractivity contribution < 1.29 is 8.42 Å². The Bertz CT molecular complexity index is 619. The number of sulfonamides is 1. The molecule has 0 aliphatic heterocycles. The predicted octanol–water partition coefficient (Wildman–Crippen LogP) is 1.58. The van der Waals surface area contributed by atoms with Gasteiger partial charge in [0.25, 0.3) is 0 Å². The van der Waals surface area contributed by atoms with Gasteiger partial charge in [-0.05, 0) is 31.5 Å². The fourth-order valence-corrected chi connectivity index (χ4v) is 2.49. The number of hydrogen-bond donors (Lipinski definition) is 1. The Morgan fingerprint density at radius 2 is 1.79 bits per heavy atom. The van der Waals surface area contributed by atoms with Crippen molar-refractivity contribution in [1.82, 2.24) is 4.72 Å². The smallest absolute Gasteiger partial charge is 0.210 e. The lowest BCUT2D eigenvalue weighted by Gasteiger charge is -2.16. The summed E-state index contributed by atoms with van der Waals surface area (Å²) >= 11 is 0. The molecule has 0 aromatic heterocycles. The summed E-state index contributed by atoms with van der Waals surface area (Å²) < 4.78 is 26.4. The van der Waals surface area contributed by atoms with Gasteiger partial charge in [0.05, 0.1) is 28.9 Å². The summed E-state index contributed by atoms with van der Waals surface area (Å²) in [5.74, 6) is 0. The number of nitriles is 2. The van der Waals surface area contributed by atoms with Crippen LogP contribution >= 0.6 is 0 Å². The van der Waals surface area contributed by atoms with E-state index in [4.69, 9.17) is 10.5 Å². The molecule has 0 unspecified atom stereocenters. The van der Waals surface area contributed by atoms with Gasteiger partial charge in [-0.1, -0.05) is 12.1 Å². The van der Waals surface area contributed by atoms with Crippen LogP contribution in [0.2, 0.25) is 0 Å². The molecule has 0 fully saturated rings. The second-order valence-corrected chi connectivity index (χ2v) is 6.57. The standard InChI is InChI=1S/C13H15N3O2S/c1-13(2,9-15)10-16-19(17,18)12-5-3-11(4-6-12)7-8-14/h3-6,16H,7,10H2,1-2H3. The maximum Gasteiger partial charge on any atom is 0.240 e. The van der Waals surface area contributed by atoms with Crippen LogP contribution in [0.1, 0.15) is 19.4 Å². The Hall–Kier alpha value is -1.89. The molecule has 0 radical (unpaired) electrons. The zero-order valence-corrected chi connectivity index (χ0v) is 11.7. The molecule has 0 saturated carbocycles. The highest BCUT2D eigenvalue weighted by molar-refractivity contribution is 7.89. The molecule has 0 aliphatic carbocycles. The summed E-state index contributed by atoms with van der Waals surface area (Å²) in [7, 11) is -3.62. The molecule has 19 heavy (non-hydrogen) atoms. The number of hydrogen-bond acceptors (Lipinski definition) is 4. The van der Waals surface area contributed by atoms with E-state index in [1.54, 1.807) is 26.0 Å². The van der Waals surface area contributed by atoms with Crippen molar-refractivity contribution in [3.8, 4) is 12.1 Å². The Morgan fingerprint density at radius 3 is 2.26 bits per heavy atom. The molecule has 1 N–H and O–H groups in total. The van der Waals surface area contributed by atoms with E-state index in [1.165, 1.54) is 12.1 Å². The van der Waals surface area contributed by atoms with E-state index in [2.05, 4.69) is 4.72 Å². The lowest BCUT2D eigenvalue weighted by molar-refractivity contribution is 0.479. The molecule has 5 nitrogen and oxygen atoms in total. The maximum absolute atomic E-state index is 12.0. The molecule has 1 rings (SSSR count). The third-order valence-electron chi connectivity index (χ3n) is 2.52. The third kappa shape index (κ3) is 4.36. The average molecular weight is 277 g/mol. The molecule has 100 valence electrons. The van der Waals surface area contributed by atoms with Crippen molar-refractivity contribution in [3.63, 3.8) is 0 Å². The minimum Gasteiger partial charge on any atom is -0.210 e. The highest BCUT2D eigenvalue weighted by Crippen LogP contribution is 2.15. The first-order chi connectivity index (χ1) is 8.80. The number of benzene rings is 1. The first kappa shape index (κ1) is 15.2. The molecule has 0 spiro atoms. The van der Waals surface area contributed by atoms with Gasteiger partial charge in [-0.3, -0.25) is 0 Å². The van der Waals surface area contributed by atoms with Crippen LogP contribution in [0.4, 0.5) is 0 Å². The molecule has 0 amide bonds. The largest absolute Gasteiger partial charge is 0.240 e. The molecule has 1 aromatic rings. The van der Waals surface area contributed by atoms with E-state index >= 15 is 0 Å². The Morgan fingerprint density at radius 1 is 1.21 bits per heavy atom. The molecule has 0 aliphatic rings. The van der Waals surface area contributed by atoms with Crippen molar-refractivity contribution in [2.24, 2.45) is 5.41 Å². The van der Waals surface area contributed by atoms with Crippen LogP contribution in [0.25, 0.3) is 0 Å². The van der Waals surface area contributed by atoms with E-state index in [1.807, 2.05) is 12.1 Å². The van der Waals surface area contributed by atoms with Crippen LogP contribution in [-0.4, -0.2) is 15.0 Å². The van der Waals surface area contributed by atoms with E-state index in [0.717, 1.165) is 5.56 Å². The van der Waals surface area contributed by atoms with Gasteiger partial charge >= 0.3 is 0 Å². The van der Waals surface area contributed by atoms with Crippen LogP contribution in [-0.2, 0) is 16.4 Å². The molecule has 0 atom stereocenters. The SMILES string of the molecule is CC(C)(C#N)CNS(=O)(=O)c1ccc(CC#N)cc1. The van der Waals surface area contributed by atoms with Gasteiger partial charge in [0.2, 0.25) is 10.0 Å². The van der Waals surface area contributed by atoms with Crippen LogP contribution in [0.5, 0.6) is 0 Å². The summed E-state index contributed by atoms with van der Waals surface area (Å²) in [6.07, 6.45) is 0.245. The van der Waals surface area contributed by atoms with Gasteiger partial charge in [0.1, 0.15) is 0 Å². The lowest BCUT2D eigenvalue weighted by atomic mass is 9.97. The van der Waals surface area contributed by atoms with Crippen LogP contribution in [0, 0.1) is 28.1 Å². The second-order valence-electron chi connectivity index (χ2n) is 4.80. The van der Waals surface area contributed by atoms with Crippen molar-refractivity contribution in [1.29, 1.82) is 10.5 Å². The number of rotatable bonds is 5. The van der Waals surface area contributed by atoms with Gasteiger partial charge in [-0.25, -0.2) is 13.1 Å². The predicted molar refractivity (Wildman–Crippen MR) is 70.3 cm³/mol. The first-order valence-electron chi connectivity index (χ1n) is 5.67. The lowest BCUT2D eigenvalue weighted by Crippen LogP contribution is -2.33. The minimum atomic E-state index is -3.62. The van der Waals surface area contributed by atoms with Crippen molar-refractivity contribution in [2.45, 2.75) is 25.2 Å². The van der Waals surface area contributed by atoms with Gasteiger partial charge < -0.3 is 0 Å². The van der Waals surface area contributed by atoms with Crippen molar-refractivity contribution >= 4 is 10.0 Å². The molecular weight excluding hydrogens is 262 g/mol.